The van der Waals surface area contributed by atoms with Crippen LogP contribution in [-0.2, 0) is 6.42 Å². The molecule has 0 saturated heterocycles. The van der Waals surface area contributed by atoms with Gasteiger partial charge in [0, 0.05) is 23.8 Å². The van der Waals surface area contributed by atoms with E-state index in [-0.39, 0.29) is 11.6 Å². The Hall–Kier alpha value is -4.32. The molecule has 188 valence electrons. The number of rotatable bonds is 5. The maximum atomic E-state index is 13.5. The first-order valence-corrected chi connectivity index (χ1v) is 12.5. The predicted molar refractivity (Wildman–Crippen MR) is 151 cm³/mol. The van der Waals surface area contributed by atoms with E-state index < -0.39 is 0 Å². The van der Waals surface area contributed by atoms with Crippen LogP contribution < -0.4 is 4.90 Å². The number of halogens is 1. The number of hydrogen-bond donors (Lipinski definition) is 1. The molecule has 0 aliphatic carbocycles. The summed E-state index contributed by atoms with van der Waals surface area (Å²) in [5.41, 5.74) is 5.27. The average molecular weight is 495 g/mol. The molecule has 6 heteroatoms. The second-order valence-electron chi connectivity index (χ2n) is 8.73. The first-order valence-electron chi connectivity index (χ1n) is 12.5. The minimum Gasteiger partial charge on any atom is -0.508 e. The van der Waals surface area contributed by atoms with E-state index in [1.165, 1.54) is 18.6 Å². The number of benzene rings is 3. The molecule has 0 fully saturated rings. The number of phenols is 1. The van der Waals surface area contributed by atoms with E-state index in [2.05, 4.69) is 30.3 Å². The molecule has 0 unspecified atom stereocenters. The number of phenolic OH excluding ortho intramolecular Hbond substituents is 1. The van der Waals surface area contributed by atoms with Gasteiger partial charge in [-0.2, -0.15) is 0 Å². The van der Waals surface area contributed by atoms with Crippen LogP contribution in [0, 0.1) is 5.82 Å². The summed E-state index contributed by atoms with van der Waals surface area (Å²) in [4.78, 5) is 16.3. The fourth-order valence-electron chi connectivity index (χ4n) is 4.22. The quantitative estimate of drug-likeness (QED) is 0.288. The van der Waals surface area contributed by atoms with Crippen molar-refractivity contribution in [1.29, 1.82) is 0 Å². The molecule has 1 N–H and O–H groups in total. The number of anilines is 2. The predicted octanol–water partition coefficient (Wildman–Crippen LogP) is 7.76. The SMILES string of the molecule is C=CC(=N/C=C\C)c1nc(N2CCc3cc(O)ccc32)c2cc(-c3ccc(F)cc3)ccc2n1.CCC. The number of aromatic nitrogens is 2. The fourth-order valence-corrected chi connectivity index (χ4v) is 4.22. The van der Waals surface area contributed by atoms with E-state index >= 15 is 0 Å². The third-order valence-electron chi connectivity index (χ3n) is 5.85. The molecule has 1 aliphatic heterocycles. The molecule has 2 heterocycles. The largest absolute Gasteiger partial charge is 0.508 e. The summed E-state index contributed by atoms with van der Waals surface area (Å²) in [5.74, 6) is 1.22. The first kappa shape index (κ1) is 25.8. The van der Waals surface area contributed by atoms with Crippen molar-refractivity contribution < 1.29 is 9.50 Å². The Kier molecular flexibility index (Phi) is 8.08. The van der Waals surface area contributed by atoms with Gasteiger partial charge in [-0.15, -0.1) is 0 Å². The molecule has 37 heavy (non-hydrogen) atoms. The van der Waals surface area contributed by atoms with Crippen LogP contribution in [0.25, 0.3) is 22.0 Å². The van der Waals surface area contributed by atoms with Crippen LogP contribution in [0.1, 0.15) is 38.6 Å². The average Bonchev–Trinajstić information content (AvgIpc) is 3.32. The van der Waals surface area contributed by atoms with Crippen molar-refractivity contribution in [2.24, 2.45) is 4.99 Å². The van der Waals surface area contributed by atoms with Crippen molar-refractivity contribution in [3.63, 3.8) is 0 Å². The molecule has 4 aromatic rings. The Morgan fingerprint density at radius 3 is 2.49 bits per heavy atom. The highest BCUT2D eigenvalue weighted by atomic mass is 19.1. The highest BCUT2D eigenvalue weighted by Crippen LogP contribution is 2.39. The number of aromatic hydroxyl groups is 1. The summed E-state index contributed by atoms with van der Waals surface area (Å²) < 4.78 is 13.5. The minimum absolute atomic E-state index is 0.250. The van der Waals surface area contributed by atoms with Crippen LogP contribution in [0.3, 0.4) is 0 Å². The molecule has 0 saturated carbocycles. The lowest BCUT2D eigenvalue weighted by molar-refractivity contribution is 0.475. The molecule has 1 aromatic heterocycles. The van der Waals surface area contributed by atoms with Gasteiger partial charge in [-0.3, -0.25) is 4.99 Å². The number of aliphatic imine (C=N–C) groups is 1. The van der Waals surface area contributed by atoms with Crippen molar-refractivity contribution in [3.05, 3.63) is 103 Å². The molecule has 0 bridgehead atoms. The zero-order valence-corrected chi connectivity index (χ0v) is 21.4. The third-order valence-corrected chi connectivity index (χ3v) is 5.85. The van der Waals surface area contributed by atoms with Crippen molar-refractivity contribution in [2.75, 3.05) is 11.4 Å². The van der Waals surface area contributed by atoms with Gasteiger partial charge in [0.25, 0.3) is 0 Å². The third kappa shape index (κ3) is 5.59. The van der Waals surface area contributed by atoms with E-state index in [1.807, 2.05) is 37.3 Å². The monoisotopic (exact) mass is 494 g/mol. The summed E-state index contributed by atoms with van der Waals surface area (Å²) >= 11 is 0. The summed E-state index contributed by atoms with van der Waals surface area (Å²) in [7, 11) is 0. The lowest BCUT2D eigenvalue weighted by Crippen LogP contribution is -2.18. The maximum Gasteiger partial charge on any atom is 0.180 e. The van der Waals surface area contributed by atoms with Crippen LogP contribution in [0.5, 0.6) is 5.75 Å². The van der Waals surface area contributed by atoms with Gasteiger partial charge in [0.05, 0.1) is 5.52 Å². The van der Waals surface area contributed by atoms with E-state index in [4.69, 9.17) is 9.97 Å². The summed E-state index contributed by atoms with van der Waals surface area (Å²) in [5, 5.41) is 10.8. The summed E-state index contributed by atoms with van der Waals surface area (Å²) in [6.45, 7) is 10.8. The Morgan fingerprint density at radius 1 is 1.05 bits per heavy atom. The second-order valence-corrected chi connectivity index (χ2v) is 8.73. The highest BCUT2D eigenvalue weighted by Gasteiger charge is 2.25. The van der Waals surface area contributed by atoms with Crippen molar-refractivity contribution in [3.8, 4) is 16.9 Å². The molecule has 5 rings (SSSR count). The molecule has 3 aromatic carbocycles. The zero-order chi connectivity index (χ0) is 26.4. The van der Waals surface area contributed by atoms with Gasteiger partial charge < -0.3 is 10.0 Å². The van der Waals surface area contributed by atoms with E-state index in [9.17, 15) is 9.50 Å². The lowest BCUT2D eigenvalue weighted by atomic mass is 10.0. The van der Waals surface area contributed by atoms with Crippen molar-refractivity contribution in [2.45, 2.75) is 33.6 Å². The molecular weight excluding hydrogens is 463 g/mol. The van der Waals surface area contributed by atoms with Crippen LogP contribution in [-0.4, -0.2) is 27.3 Å². The van der Waals surface area contributed by atoms with Gasteiger partial charge in [0.2, 0.25) is 0 Å². The molecule has 0 amide bonds. The van der Waals surface area contributed by atoms with Gasteiger partial charge in [-0.05, 0) is 78.6 Å². The van der Waals surface area contributed by atoms with Gasteiger partial charge in [0.15, 0.2) is 5.82 Å². The van der Waals surface area contributed by atoms with E-state index in [0.717, 1.165) is 52.1 Å². The summed E-state index contributed by atoms with van der Waals surface area (Å²) in [6.07, 6.45) is 7.22. The van der Waals surface area contributed by atoms with Gasteiger partial charge >= 0.3 is 0 Å². The molecule has 1 aliphatic rings. The maximum absolute atomic E-state index is 13.5. The number of nitrogens with zero attached hydrogens (tertiary/aromatic N) is 4. The minimum atomic E-state index is -0.271. The first-order chi connectivity index (χ1) is 18.0. The number of allylic oxidation sites excluding steroid dienone is 2. The van der Waals surface area contributed by atoms with Crippen LogP contribution in [0.2, 0.25) is 0 Å². The molecule has 0 radical (unpaired) electrons. The van der Waals surface area contributed by atoms with Crippen LogP contribution in [0.15, 0.2) is 90.6 Å². The lowest BCUT2D eigenvalue weighted by Gasteiger charge is -2.21. The zero-order valence-electron chi connectivity index (χ0n) is 21.4. The smallest absolute Gasteiger partial charge is 0.180 e. The molecule has 5 nitrogen and oxygen atoms in total. The molecular formula is C31H31FN4O. The Bertz CT molecular complexity index is 1480. The number of hydrogen-bond acceptors (Lipinski definition) is 5. The topological polar surface area (TPSA) is 61.6 Å². The van der Waals surface area contributed by atoms with E-state index in [0.29, 0.717) is 11.5 Å². The molecule has 0 atom stereocenters. The van der Waals surface area contributed by atoms with Crippen LogP contribution in [0.4, 0.5) is 15.9 Å². The standard InChI is InChI=1S/C28H23FN4O.C3H8/c1-3-14-30-24(4-2)27-31-25-11-7-19(18-5-8-21(29)9-6-18)17-23(25)28(32-27)33-15-13-20-16-22(34)10-12-26(20)33;1-3-2/h3-12,14,16-17,34H,2,13,15H2,1H3;3H2,1-2H3/b14-3-,30-24?;. The second kappa shape index (κ2) is 11.6. The molecule has 0 spiro atoms. The number of fused-ring (bicyclic) bond motifs is 2. The highest BCUT2D eigenvalue weighted by molar-refractivity contribution is 6.08. The summed E-state index contributed by atoms with van der Waals surface area (Å²) in [6, 6.07) is 17.8. The van der Waals surface area contributed by atoms with Crippen LogP contribution >= 0.6 is 0 Å². The van der Waals surface area contributed by atoms with E-state index in [1.54, 1.807) is 36.5 Å². The van der Waals surface area contributed by atoms with Gasteiger partial charge in [-0.25, -0.2) is 14.4 Å². The van der Waals surface area contributed by atoms with Gasteiger partial charge in [0.1, 0.15) is 23.1 Å². The normalized spacial score (nSPS) is 13.0. The Balaban J connectivity index is 0.00000102. The van der Waals surface area contributed by atoms with Gasteiger partial charge in [-0.1, -0.05) is 51.1 Å². The fraction of sp³-hybridized carbons (Fsp3) is 0.194. The van der Waals surface area contributed by atoms with Crippen molar-refractivity contribution in [1.82, 2.24) is 9.97 Å². The Morgan fingerprint density at radius 2 is 1.78 bits per heavy atom. The van der Waals surface area contributed by atoms with Crippen molar-refractivity contribution >= 4 is 28.1 Å². The Labute approximate surface area is 217 Å².